The van der Waals surface area contributed by atoms with E-state index < -0.39 is 4.92 Å². The maximum atomic E-state index is 10.8. The molecule has 0 fully saturated rings. The van der Waals surface area contributed by atoms with Crippen LogP contribution in [-0.2, 0) is 0 Å². The Kier molecular flexibility index (Phi) is 3.93. The largest absolute Gasteiger partial charge is 0.269 e. The van der Waals surface area contributed by atoms with Crippen molar-refractivity contribution in [2.75, 3.05) is 0 Å². The van der Waals surface area contributed by atoms with E-state index >= 15 is 0 Å². The number of nitro benzene ring substituents is 1. The molecule has 0 aliphatic rings. The summed E-state index contributed by atoms with van der Waals surface area (Å²) in [6, 6.07) is 18.5. The van der Waals surface area contributed by atoms with Crippen LogP contribution in [0.15, 0.2) is 60.7 Å². The van der Waals surface area contributed by atoms with E-state index in [-0.39, 0.29) is 11.6 Å². The fraction of sp³-hybridized carbons (Fsp3) is 0.167. The maximum absolute atomic E-state index is 10.8. The summed E-state index contributed by atoms with van der Waals surface area (Å²) in [7, 11) is 0. The maximum Gasteiger partial charge on any atom is 0.269 e. The quantitative estimate of drug-likeness (QED) is 0.524. The minimum atomic E-state index is -0.397. The van der Waals surface area contributed by atoms with Crippen molar-refractivity contribution in [1.82, 2.24) is 9.78 Å². The second kappa shape index (κ2) is 6.04. The normalized spacial score (nSPS) is 10.9. The Hall–Kier alpha value is -2.95. The van der Waals surface area contributed by atoms with Gasteiger partial charge < -0.3 is 0 Å². The number of hydrogen-bond acceptors (Lipinski definition) is 3. The van der Waals surface area contributed by atoms with Crippen LogP contribution in [0.2, 0.25) is 0 Å². The Bertz CT molecular complexity index is 821. The van der Waals surface area contributed by atoms with Crippen molar-refractivity contribution in [3.63, 3.8) is 0 Å². The molecule has 0 radical (unpaired) electrons. The molecule has 1 aromatic heterocycles. The molecule has 0 aliphatic carbocycles. The summed E-state index contributed by atoms with van der Waals surface area (Å²) < 4.78 is 1.86. The molecule has 1 heterocycles. The summed E-state index contributed by atoms with van der Waals surface area (Å²) in [5.74, 6) is 0.287. The van der Waals surface area contributed by atoms with E-state index in [1.54, 1.807) is 12.1 Å². The van der Waals surface area contributed by atoms with E-state index in [0.29, 0.717) is 0 Å². The first-order valence-corrected chi connectivity index (χ1v) is 7.46. The van der Waals surface area contributed by atoms with Crippen LogP contribution >= 0.6 is 0 Å². The van der Waals surface area contributed by atoms with Crippen molar-refractivity contribution < 1.29 is 4.92 Å². The molecule has 0 saturated carbocycles. The van der Waals surface area contributed by atoms with E-state index in [0.717, 1.165) is 22.6 Å². The molecule has 116 valence electrons. The van der Waals surface area contributed by atoms with Gasteiger partial charge in [-0.25, -0.2) is 4.68 Å². The highest BCUT2D eigenvalue weighted by Crippen LogP contribution is 2.26. The van der Waals surface area contributed by atoms with Gasteiger partial charge in [-0.2, -0.15) is 5.10 Å². The highest BCUT2D eigenvalue weighted by atomic mass is 16.6. The van der Waals surface area contributed by atoms with Gasteiger partial charge in [0.2, 0.25) is 0 Å². The van der Waals surface area contributed by atoms with Crippen molar-refractivity contribution in [2.45, 2.75) is 19.8 Å². The Morgan fingerprint density at radius 1 is 1.04 bits per heavy atom. The number of benzene rings is 2. The van der Waals surface area contributed by atoms with Gasteiger partial charge in [0.15, 0.2) is 0 Å². The average Bonchev–Trinajstić information content (AvgIpc) is 3.01. The molecule has 5 nitrogen and oxygen atoms in total. The highest BCUT2D eigenvalue weighted by Gasteiger charge is 2.14. The Balaban J connectivity index is 2.07. The van der Waals surface area contributed by atoms with Gasteiger partial charge in [-0.05, 0) is 24.1 Å². The lowest BCUT2D eigenvalue weighted by atomic mass is 10.1. The van der Waals surface area contributed by atoms with Gasteiger partial charge in [0.1, 0.15) is 0 Å². The van der Waals surface area contributed by atoms with Crippen LogP contribution < -0.4 is 0 Å². The molecule has 5 heteroatoms. The molecule has 0 atom stereocenters. The van der Waals surface area contributed by atoms with Crippen molar-refractivity contribution in [1.29, 1.82) is 0 Å². The summed E-state index contributed by atoms with van der Waals surface area (Å²) in [4.78, 5) is 10.4. The van der Waals surface area contributed by atoms with Gasteiger partial charge in [-0.3, -0.25) is 10.1 Å². The van der Waals surface area contributed by atoms with Gasteiger partial charge in [0, 0.05) is 23.4 Å². The predicted molar refractivity (Wildman–Crippen MR) is 89.7 cm³/mol. The summed E-state index contributed by atoms with van der Waals surface area (Å²) in [5.41, 5.74) is 3.91. The van der Waals surface area contributed by atoms with Crippen molar-refractivity contribution in [3.05, 3.63) is 76.5 Å². The fourth-order valence-corrected chi connectivity index (χ4v) is 2.48. The van der Waals surface area contributed by atoms with Gasteiger partial charge in [0.25, 0.3) is 5.69 Å². The SMILES string of the molecule is CC(C)c1cc(-c2ccccc2)nn1-c1ccc([N+](=O)[O-])cc1. The van der Waals surface area contributed by atoms with E-state index in [9.17, 15) is 10.1 Å². The number of nitro groups is 1. The van der Waals surface area contributed by atoms with Crippen molar-refractivity contribution >= 4 is 5.69 Å². The third kappa shape index (κ3) is 2.99. The average molecular weight is 307 g/mol. The third-order valence-electron chi connectivity index (χ3n) is 3.70. The monoisotopic (exact) mass is 307 g/mol. The molecule has 0 saturated heterocycles. The number of non-ortho nitro benzene ring substituents is 1. The topological polar surface area (TPSA) is 61.0 Å². The van der Waals surface area contributed by atoms with Crippen molar-refractivity contribution in [2.24, 2.45) is 0 Å². The lowest BCUT2D eigenvalue weighted by Gasteiger charge is -2.09. The number of nitrogens with zero attached hydrogens (tertiary/aromatic N) is 3. The first-order valence-electron chi connectivity index (χ1n) is 7.46. The molecule has 0 unspecified atom stereocenters. The fourth-order valence-electron chi connectivity index (χ4n) is 2.48. The zero-order valence-corrected chi connectivity index (χ0v) is 13.0. The molecule has 0 spiro atoms. The van der Waals surface area contributed by atoms with E-state index in [1.165, 1.54) is 12.1 Å². The second-order valence-electron chi connectivity index (χ2n) is 5.66. The first kappa shape index (κ1) is 15.0. The van der Waals surface area contributed by atoms with Crippen LogP contribution in [0.4, 0.5) is 5.69 Å². The molecule has 2 aromatic carbocycles. The molecule has 0 aliphatic heterocycles. The van der Waals surface area contributed by atoms with Crippen LogP contribution in [0, 0.1) is 10.1 Å². The van der Waals surface area contributed by atoms with E-state index in [1.807, 2.05) is 35.0 Å². The molecule has 3 rings (SSSR count). The van der Waals surface area contributed by atoms with Gasteiger partial charge in [-0.1, -0.05) is 44.2 Å². The van der Waals surface area contributed by atoms with Gasteiger partial charge in [-0.15, -0.1) is 0 Å². The Morgan fingerprint density at radius 2 is 1.70 bits per heavy atom. The summed E-state index contributed by atoms with van der Waals surface area (Å²) >= 11 is 0. The second-order valence-corrected chi connectivity index (χ2v) is 5.66. The molecular weight excluding hydrogens is 290 g/mol. The molecule has 0 bridgehead atoms. The van der Waals surface area contributed by atoms with Crippen LogP contribution in [0.5, 0.6) is 0 Å². The molecular formula is C18H17N3O2. The van der Waals surface area contributed by atoms with E-state index in [4.69, 9.17) is 5.10 Å². The molecule has 23 heavy (non-hydrogen) atoms. The molecule has 3 aromatic rings. The van der Waals surface area contributed by atoms with Crippen LogP contribution in [0.25, 0.3) is 16.9 Å². The number of rotatable bonds is 4. The summed E-state index contributed by atoms with van der Waals surface area (Å²) in [6.07, 6.45) is 0. The highest BCUT2D eigenvalue weighted by molar-refractivity contribution is 5.60. The zero-order valence-electron chi connectivity index (χ0n) is 13.0. The van der Waals surface area contributed by atoms with E-state index in [2.05, 4.69) is 19.9 Å². The predicted octanol–water partition coefficient (Wildman–Crippen LogP) is 4.57. The van der Waals surface area contributed by atoms with Crippen LogP contribution in [0.1, 0.15) is 25.5 Å². The standard InChI is InChI=1S/C18H17N3O2/c1-13(2)18-12-17(14-6-4-3-5-7-14)19-20(18)15-8-10-16(11-9-15)21(22)23/h3-13H,1-2H3. The van der Waals surface area contributed by atoms with Crippen LogP contribution in [0.3, 0.4) is 0 Å². The number of aromatic nitrogens is 2. The first-order chi connectivity index (χ1) is 11.1. The number of hydrogen-bond donors (Lipinski definition) is 0. The minimum Gasteiger partial charge on any atom is -0.258 e. The lowest BCUT2D eigenvalue weighted by Crippen LogP contribution is -2.03. The van der Waals surface area contributed by atoms with Crippen molar-refractivity contribution in [3.8, 4) is 16.9 Å². The summed E-state index contributed by atoms with van der Waals surface area (Å²) in [5, 5.41) is 15.5. The molecule has 0 N–H and O–H groups in total. The smallest absolute Gasteiger partial charge is 0.258 e. The summed E-state index contributed by atoms with van der Waals surface area (Å²) in [6.45, 7) is 4.21. The zero-order chi connectivity index (χ0) is 16.4. The Morgan fingerprint density at radius 3 is 2.26 bits per heavy atom. The lowest BCUT2D eigenvalue weighted by molar-refractivity contribution is -0.384. The molecule has 0 amide bonds. The van der Waals surface area contributed by atoms with Gasteiger partial charge >= 0.3 is 0 Å². The third-order valence-corrected chi connectivity index (χ3v) is 3.70. The van der Waals surface area contributed by atoms with Crippen LogP contribution in [-0.4, -0.2) is 14.7 Å². The Labute approximate surface area is 134 Å². The minimum absolute atomic E-state index is 0.0790. The van der Waals surface area contributed by atoms with Gasteiger partial charge in [0.05, 0.1) is 16.3 Å².